The Bertz CT molecular complexity index is 1180. The Labute approximate surface area is 198 Å². The Hall–Kier alpha value is -3.06. The summed E-state index contributed by atoms with van der Waals surface area (Å²) < 4.78 is 41.0. The van der Waals surface area contributed by atoms with Crippen LogP contribution in [-0.4, -0.2) is 60.2 Å². The zero-order valence-electron chi connectivity index (χ0n) is 18.9. The van der Waals surface area contributed by atoms with Gasteiger partial charge in [0.15, 0.2) is 5.82 Å². The van der Waals surface area contributed by atoms with Crippen LogP contribution in [0.4, 0.5) is 13.2 Å². The fourth-order valence-corrected chi connectivity index (χ4v) is 4.83. The van der Waals surface area contributed by atoms with Crippen molar-refractivity contribution >= 4 is 5.97 Å². The van der Waals surface area contributed by atoms with Crippen molar-refractivity contribution in [3.8, 4) is 0 Å². The lowest BCUT2D eigenvalue weighted by Crippen LogP contribution is -2.53. The van der Waals surface area contributed by atoms with E-state index in [1.54, 1.807) is 10.8 Å². The van der Waals surface area contributed by atoms with Gasteiger partial charge in [-0.2, -0.15) is 18.3 Å². The Morgan fingerprint density at radius 3 is 2.54 bits per heavy atom. The lowest BCUT2D eigenvalue weighted by molar-refractivity contribution is -0.192. The molecule has 0 bridgehead atoms. The van der Waals surface area contributed by atoms with E-state index in [1.165, 1.54) is 4.68 Å². The number of carboxylic acid groups (broad SMARTS) is 1. The predicted molar refractivity (Wildman–Crippen MR) is 116 cm³/mol. The number of nitrogens with zero attached hydrogens (tertiary/aromatic N) is 5. The SMILES string of the molecule is O=C(O)C(F)(F)F.O=c1c(=O)n2c(nn1C1CCCC1)COC1(CCN(Cc3cccnc3)C1)C2. The molecule has 190 valence electrons. The number of carbonyl (C=O) groups is 1. The largest absolute Gasteiger partial charge is 0.490 e. The van der Waals surface area contributed by atoms with Gasteiger partial charge in [0.1, 0.15) is 12.2 Å². The van der Waals surface area contributed by atoms with Gasteiger partial charge in [-0.25, -0.2) is 9.48 Å². The number of aromatic nitrogens is 4. The van der Waals surface area contributed by atoms with Crippen molar-refractivity contribution in [2.75, 3.05) is 13.1 Å². The van der Waals surface area contributed by atoms with Crippen LogP contribution in [0.15, 0.2) is 34.1 Å². The second-order valence-corrected chi connectivity index (χ2v) is 9.09. The molecule has 0 radical (unpaired) electrons. The Kier molecular flexibility index (Phi) is 7.08. The molecule has 1 unspecified atom stereocenters. The standard InChI is InChI=1S/C20H25N5O3.C2HF3O2/c26-18-19(27)25(16-5-1-2-6-16)22-17-12-28-20(14-24(17)18)7-9-23(13-20)11-15-4-3-8-21-10-15;3-2(4,5)1(6)7/h3-4,8,10,16H,1-2,5-7,9,11-14H2;(H,6,7). The van der Waals surface area contributed by atoms with Crippen molar-refractivity contribution in [3.63, 3.8) is 0 Å². The average Bonchev–Trinajstić information content (AvgIpc) is 3.48. The molecule has 2 aromatic heterocycles. The third-order valence-corrected chi connectivity index (χ3v) is 6.56. The molecular weight excluding hydrogens is 471 g/mol. The lowest BCUT2D eigenvalue weighted by atomic mass is 10.0. The van der Waals surface area contributed by atoms with E-state index in [9.17, 15) is 22.8 Å². The van der Waals surface area contributed by atoms with Crippen LogP contribution in [0.3, 0.4) is 0 Å². The molecular formula is C22H26F3N5O5. The highest BCUT2D eigenvalue weighted by molar-refractivity contribution is 5.73. The first-order valence-electron chi connectivity index (χ1n) is 11.4. The van der Waals surface area contributed by atoms with Crippen molar-refractivity contribution in [2.24, 2.45) is 0 Å². The predicted octanol–water partition coefficient (Wildman–Crippen LogP) is 1.72. The molecule has 0 aromatic carbocycles. The second-order valence-electron chi connectivity index (χ2n) is 9.09. The first kappa shape index (κ1) is 25.0. The van der Waals surface area contributed by atoms with Crippen molar-refractivity contribution in [1.29, 1.82) is 0 Å². The molecule has 35 heavy (non-hydrogen) atoms. The van der Waals surface area contributed by atoms with E-state index < -0.39 is 28.9 Å². The van der Waals surface area contributed by atoms with Crippen molar-refractivity contribution in [2.45, 2.75) is 69.6 Å². The Morgan fingerprint density at radius 2 is 1.91 bits per heavy atom. The maximum atomic E-state index is 12.8. The summed E-state index contributed by atoms with van der Waals surface area (Å²) in [4.78, 5) is 40.9. The van der Waals surface area contributed by atoms with Crippen LogP contribution < -0.4 is 11.1 Å². The summed E-state index contributed by atoms with van der Waals surface area (Å²) in [6.07, 6.45) is 3.42. The number of aliphatic carboxylic acids is 1. The minimum Gasteiger partial charge on any atom is -0.475 e. The second kappa shape index (κ2) is 9.90. The summed E-state index contributed by atoms with van der Waals surface area (Å²) in [6.45, 7) is 3.12. The molecule has 10 nitrogen and oxygen atoms in total. The zero-order valence-corrected chi connectivity index (χ0v) is 18.9. The summed E-state index contributed by atoms with van der Waals surface area (Å²) >= 11 is 0. The number of ether oxygens (including phenoxy) is 1. The summed E-state index contributed by atoms with van der Waals surface area (Å²) in [5.41, 5.74) is -0.204. The third-order valence-electron chi connectivity index (χ3n) is 6.56. The Morgan fingerprint density at radius 1 is 1.20 bits per heavy atom. The topological polar surface area (TPSA) is 120 Å². The van der Waals surface area contributed by atoms with Gasteiger partial charge in [0, 0.05) is 32.0 Å². The number of alkyl halides is 3. The summed E-state index contributed by atoms with van der Waals surface area (Å²) in [7, 11) is 0. The minimum atomic E-state index is -5.08. The first-order chi connectivity index (χ1) is 16.6. The molecule has 5 rings (SSSR count). The zero-order chi connectivity index (χ0) is 25.2. The highest BCUT2D eigenvalue weighted by Crippen LogP contribution is 2.32. The van der Waals surface area contributed by atoms with Crippen LogP contribution in [0.1, 0.15) is 49.5 Å². The van der Waals surface area contributed by atoms with Gasteiger partial charge in [0.2, 0.25) is 0 Å². The normalized spacial score (nSPS) is 22.6. The molecule has 3 aliphatic rings. The number of hydrogen-bond donors (Lipinski definition) is 1. The van der Waals surface area contributed by atoms with Crippen molar-refractivity contribution < 1.29 is 27.8 Å². The number of fused-ring (bicyclic) bond motifs is 1. The molecule has 2 fully saturated rings. The number of likely N-dealkylation sites (tertiary alicyclic amines) is 1. The average molecular weight is 497 g/mol. The molecule has 2 aromatic rings. The quantitative estimate of drug-likeness (QED) is 0.637. The molecule has 1 saturated heterocycles. The fraction of sp³-hybridized carbons (Fsp3) is 0.591. The van der Waals surface area contributed by atoms with Crippen LogP contribution in [0.2, 0.25) is 0 Å². The lowest BCUT2D eigenvalue weighted by Gasteiger charge is -2.35. The number of carboxylic acids is 1. The van der Waals surface area contributed by atoms with Crippen LogP contribution >= 0.6 is 0 Å². The highest BCUT2D eigenvalue weighted by atomic mass is 19.4. The van der Waals surface area contributed by atoms with Gasteiger partial charge in [-0.1, -0.05) is 18.9 Å². The number of pyridine rings is 1. The summed E-state index contributed by atoms with van der Waals surface area (Å²) in [5, 5.41) is 11.6. The van der Waals surface area contributed by atoms with Gasteiger partial charge >= 0.3 is 23.3 Å². The molecule has 1 aliphatic carbocycles. The molecule has 1 spiro atoms. The van der Waals surface area contributed by atoms with Crippen molar-refractivity contribution in [3.05, 3.63) is 56.6 Å². The van der Waals surface area contributed by atoms with E-state index in [2.05, 4.69) is 21.0 Å². The van der Waals surface area contributed by atoms with Gasteiger partial charge in [-0.15, -0.1) is 0 Å². The molecule has 13 heteroatoms. The van der Waals surface area contributed by atoms with E-state index in [-0.39, 0.29) is 12.6 Å². The third kappa shape index (κ3) is 5.61. The summed E-state index contributed by atoms with van der Waals surface area (Å²) in [5.74, 6) is -2.18. The van der Waals surface area contributed by atoms with Crippen LogP contribution in [0.25, 0.3) is 0 Å². The fourth-order valence-electron chi connectivity index (χ4n) is 4.83. The number of halogens is 3. The van der Waals surface area contributed by atoms with Gasteiger partial charge < -0.3 is 9.84 Å². The molecule has 0 amide bonds. The molecule has 1 atom stereocenters. The van der Waals surface area contributed by atoms with Gasteiger partial charge in [-0.3, -0.25) is 24.0 Å². The number of hydrogen-bond acceptors (Lipinski definition) is 7. The van der Waals surface area contributed by atoms with E-state index in [1.807, 2.05) is 12.3 Å². The smallest absolute Gasteiger partial charge is 0.475 e. The van der Waals surface area contributed by atoms with Gasteiger partial charge in [0.05, 0.1) is 12.6 Å². The van der Waals surface area contributed by atoms with Crippen LogP contribution in [-0.2, 0) is 29.2 Å². The van der Waals surface area contributed by atoms with E-state index in [0.29, 0.717) is 12.4 Å². The van der Waals surface area contributed by atoms with Crippen LogP contribution in [0, 0.1) is 0 Å². The van der Waals surface area contributed by atoms with E-state index >= 15 is 0 Å². The molecule has 2 aliphatic heterocycles. The summed E-state index contributed by atoms with van der Waals surface area (Å²) in [6, 6.07) is 4.06. The maximum Gasteiger partial charge on any atom is 0.490 e. The molecule has 1 N–H and O–H groups in total. The first-order valence-corrected chi connectivity index (χ1v) is 11.4. The molecule has 4 heterocycles. The van der Waals surface area contributed by atoms with E-state index in [4.69, 9.17) is 14.6 Å². The molecule has 1 saturated carbocycles. The number of rotatable bonds is 3. The monoisotopic (exact) mass is 497 g/mol. The minimum absolute atomic E-state index is 0.0587. The van der Waals surface area contributed by atoms with Gasteiger partial charge in [-0.05, 0) is 30.9 Å². The van der Waals surface area contributed by atoms with Gasteiger partial charge in [0.25, 0.3) is 0 Å². The highest BCUT2D eigenvalue weighted by Gasteiger charge is 2.43. The maximum absolute atomic E-state index is 12.8. The van der Waals surface area contributed by atoms with E-state index in [0.717, 1.165) is 57.3 Å². The Balaban J connectivity index is 0.000000364. The van der Waals surface area contributed by atoms with Crippen LogP contribution in [0.5, 0.6) is 0 Å². The van der Waals surface area contributed by atoms with Crippen molar-refractivity contribution in [1.82, 2.24) is 24.2 Å².